The maximum atomic E-state index is 13.0. The topological polar surface area (TPSA) is 53.9 Å². The molecule has 1 aliphatic rings. The molecule has 5 nitrogen and oxygen atoms in total. The first-order valence-electron chi connectivity index (χ1n) is 8.49. The molecule has 1 amide bonds. The van der Waals surface area contributed by atoms with Crippen LogP contribution in [0.15, 0.2) is 36.9 Å². The van der Waals surface area contributed by atoms with Gasteiger partial charge in [0.15, 0.2) is 0 Å². The first-order chi connectivity index (χ1) is 11.6. The average Bonchev–Trinajstić information content (AvgIpc) is 3.24. The van der Waals surface area contributed by atoms with Crippen molar-refractivity contribution in [2.24, 2.45) is 0 Å². The fourth-order valence-corrected chi connectivity index (χ4v) is 3.64. The highest BCUT2D eigenvalue weighted by molar-refractivity contribution is 5.99. The summed E-state index contributed by atoms with van der Waals surface area (Å²) in [5.74, 6) is 0.125. The second kappa shape index (κ2) is 5.82. The predicted octanol–water partition coefficient (Wildman–Crippen LogP) is 3.46. The van der Waals surface area contributed by atoms with E-state index in [4.69, 9.17) is 0 Å². The average molecular weight is 322 g/mol. The van der Waals surface area contributed by atoms with Crippen molar-refractivity contribution < 1.29 is 4.79 Å². The summed E-state index contributed by atoms with van der Waals surface area (Å²) in [6, 6.07) is 6.29. The van der Waals surface area contributed by atoms with Gasteiger partial charge in [-0.15, -0.1) is 0 Å². The van der Waals surface area contributed by atoms with Crippen LogP contribution in [0, 0.1) is 13.8 Å². The Kier molecular flexibility index (Phi) is 3.63. The minimum Gasteiger partial charge on any atom is -0.358 e. The Morgan fingerprint density at radius 1 is 1.33 bits per heavy atom. The predicted molar refractivity (Wildman–Crippen MR) is 94.2 cm³/mol. The highest BCUT2D eigenvalue weighted by Crippen LogP contribution is 2.26. The monoisotopic (exact) mass is 322 g/mol. The second-order valence-corrected chi connectivity index (χ2v) is 6.69. The number of imidazole rings is 1. The van der Waals surface area contributed by atoms with Gasteiger partial charge in [0.1, 0.15) is 0 Å². The largest absolute Gasteiger partial charge is 0.358 e. The molecule has 24 heavy (non-hydrogen) atoms. The number of fused-ring (bicyclic) bond motifs is 1. The van der Waals surface area contributed by atoms with E-state index in [-0.39, 0.29) is 5.91 Å². The van der Waals surface area contributed by atoms with Gasteiger partial charge in [0.25, 0.3) is 5.91 Å². The first-order valence-corrected chi connectivity index (χ1v) is 8.49. The Labute approximate surface area is 141 Å². The van der Waals surface area contributed by atoms with Crippen LogP contribution in [-0.2, 0) is 0 Å². The molecular weight excluding hydrogens is 300 g/mol. The van der Waals surface area contributed by atoms with Crippen LogP contribution in [0.25, 0.3) is 10.9 Å². The number of aryl methyl sites for hydroxylation is 2. The molecule has 0 bridgehead atoms. The minimum absolute atomic E-state index is 0.125. The number of benzene rings is 1. The molecule has 0 saturated carbocycles. The van der Waals surface area contributed by atoms with E-state index in [2.05, 4.69) is 28.4 Å². The van der Waals surface area contributed by atoms with E-state index in [1.54, 1.807) is 6.20 Å². The number of nitrogens with zero attached hydrogens (tertiary/aromatic N) is 3. The van der Waals surface area contributed by atoms with Gasteiger partial charge in [-0.25, -0.2) is 4.98 Å². The molecule has 0 radical (unpaired) electrons. The lowest BCUT2D eigenvalue weighted by atomic mass is 10.0. The third-order valence-corrected chi connectivity index (χ3v) is 5.19. The number of piperidine rings is 1. The molecule has 5 heteroatoms. The summed E-state index contributed by atoms with van der Waals surface area (Å²) in [7, 11) is 0. The number of H-pyrrole nitrogens is 1. The van der Waals surface area contributed by atoms with Crippen LogP contribution in [0.2, 0.25) is 0 Å². The Balaban J connectivity index is 1.59. The molecule has 1 saturated heterocycles. The summed E-state index contributed by atoms with van der Waals surface area (Å²) in [4.78, 5) is 22.4. The van der Waals surface area contributed by atoms with Crippen molar-refractivity contribution in [1.29, 1.82) is 0 Å². The van der Waals surface area contributed by atoms with Crippen LogP contribution in [0.4, 0.5) is 0 Å². The summed E-state index contributed by atoms with van der Waals surface area (Å²) in [5, 5.41) is 1.14. The molecule has 0 spiro atoms. The summed E-state index contributed by atoms with van der Waals surface area (Å²) < 4.78 is 2.11. The van der Waals surface area contributed by atoms with Crippen LogP contribution >= 0.6 is 0 Å². The van der Waals surface area contributed by atoms with E-state index >= 15 is 0 Å². The number of rotatable bonds is 2. The number of hydrogen-bond donors (Lipinski definition) is 1. The molecule has 3 heterocycles. The Bertz CT molecular complexity index is 878. The first kappa shape index (κ1) is 15.0. The summed E-state index contributed by atoms with van der Waals surface area (Å²) >= 11 is 0. The molecule has 1 atom stereocenters. The van der Waals surface area contributed by atoms with Crippen LogP contribution in [-0.4, -0.2) is 38.4 Å². The normalized spacial score (nSPS) is 18.2. The zero-order valence-corrected chi connectivity index (χ0v) is 14.1. The number of likely N-dealkylation sites (tertiary alicyclic amines) is 1. The number of carbonyl (C=O) groups is 1. The third kappa shape index (κ3) is 2.50. The Morgan fingerprint density at radius 3 is 3.00 bits per heavy atom. The maximum absolute atomic E-state index is 13.0. The fourth-order valence-electron chi connectivity index (χ4n) is 3.64. The van der Waals surface area contributed by atoms with Gasteiger partial charge in [0.2, 0.25) is 0 Å². The Hall–Kier alpha value is -2.56. The summed E-state index contributed by atoms with van der Waals surface area (Å²) in [5.41, 5.74) is 4.25. The standard InChI is InChI=1S/C19H22N4O/c1-13-14(2)21-18-6-5-15(10-17(13)18)19(24)22-8-3-4-16(11-22)23-9-7-20-12-23/h5-7,9-10,12,16,21H,3-4,8,11H2,1-2H3/t16-/m1/s1. The number of aromatic amines is 1. The number of amides is 1. The third-order valence-electron chi connectivity index (χ3n) is 5.19. The molecule has 1 N–H and O–H groups in total. The molecule has 0 unspecified atom stereocenters. The zero-order chi connectivity index (χ0) is 16.7. The molecule has 4 rings (SSSR count). The molecule has 0 aliphatic carbocycles. The molecule has 124 valence electrons. The van der Waals surface area contributed by atoms with E-state index in [1.165, 1.54) is 5.56 Å². The van der Waals surface area contributed by atoms with Crippen LogP contribution in [0.5, 0.6) is 0 Å². The van der Waals surface area contributed by atoms with Crippen LogP contribution in [0.1, 0.15) is 40.5 Å². The molecule has 1 aromatic carbocycles. The van der Waals surface area contributed by atoms with Gasteiger partial charge in [0, 0.05) is 47.6 Å². The molecule has 1 fully saturated rings. The van der Waals surface area contributed by atoms with Crippen molar-refractivity contribution in [2.75, 3.05) is 13.1 Å². The van der Waals surface area contributed by atoms with Gasteiger partial charge >= 0.3 is 0 Å². The van der Waals surface area contributed by atoms with Gasteiger partial charge in [-0.05, 0) is 50.5 Å². The molecule has 3 aromatic rings. The van der Waals surface area contributed by atoms with Gasteiger partial charge in [-0.1, -0.05) is 0 Å². The van der Waals surface area contributed by atoms with Crippen molar-refractivity contribution in [3.8, 4) is 0 Å². The summed E-state index contributed by atoms with van der Waals surface area (Å²) in [6.45, 7) is 5.74. The van der Waals surface area contributed by atoms with Crippen molar-refractivity contribution in [1.82, 2.24) is 19.4 Å². The number of aromatic nitrogens is 3. The highest BCUT2D eigenvalue weighted by Gasteiger charge is 2.25. The lowest BCUT2D eigenvalue weighted by molar-refractivity contribution is 0.0679. The molecule has 2 aromatic heterocycles. The van der Waals surface area contributed by atoms with E-state index < -0.39 is 0 Å². The highest BCUT2D eigenvalue weighted by atomic mass is 16.2. The zero-order valence-electron chi connectivity index (χ0n) is 14.1. The fraction of sp³-hybridized carbons (Fsp3) is 0.368. The molecule has 1 aliphatic heterocycles. The van der Waals surface area contributed by atoms with Crippen LogP contribution in [0.3, 0.4) is 0 Å². The van der Waals surface area contributed by atoms with E-state index in [0.29, 0.717) is 6.04 Å². The van der Waals surface area contributed by atoms with Gasteiger partial charge in [-0.3, -0.25) is 4.79 Å². The summed E-state index contributed by atoms with van der Waals surface area (Å²) in [6.07, 6.45) is 7.74. The van der Waals surface area contributed by atoms with Gasteiger partial charge in [-0.2, -0.15) is 0 Å². The Morgan fingerprint density at radius 2 is 2.21 bits per heavy atom. The number of hydrogen-bond acceptors (Lipinski definition) is 2. The number of nitrogens with one attached hydrogen (secondary N) is 1. The van der Waals surface area contributed by atoms with Gasteiger partial charge in [0.05, 0.1) is 12.4 Å². The lowest BCUT2D eigenvalue weighted by Crippen LogP contribution is -2.40. The van der Waals surface area contributed by atoms with E-state index in [1.807, 2.05) is 35.6 Å². The van der Waals surface area contributed by atoms with Crippen LogP contribution < -0.4 is 0 Å². The van der Waals surface area contributed by atoms with Crippen molar-refractivity contribution in [2.45, 2.75) is 32.7 Å². The van der Waals surface area contributed by atoms with Crippen molar-refractivity contribution in [3.63, 3.8) is 0 Å². The SMILES string of the molecule is Cc1[nH]c2ccc(C(=O)N3CCC[C@@H](n4ccnc4)C3)cc2c1C. The minimum atomic E-state index is 0.125. The quantitative estimate of drug-likeness (QED) is 0.785. The smallest absolute Gasteiger partial charge is 0.253 e. The molecular formula is C19H22N4O. The maximum Gasteiger partial charge on any atom is 0.253 e. The second-order valence-electron chi connectivity index (χ2n) is 6.69. The van der Waals surface area contributed by atoms with Gasteiger partial charge < -0.3 is 14.5 Å². The van der Waals surface area contributed by atoms with Crippen molar-refractivity contribution in [3.05, 3.63) is 53.7 Å². The number of carbonyl (C=O) groups excluding carboxylic acids is 1. The van der Waals surface area contributed by atoms with Crippen molar-refractivity contribution >= 4 is 16.8 Å². The lowest BCUT2D eigenvalue weighted by Gasteiger charge is -2.33. The van der Waals surface area contributed by atoms with E-state index in [0.717, 1.165) is 48.1 Å². The van der Waals surface area contributed by atoms with E-state index in [9.17, 15) is 4.79 Å².